The molecule has 0 bridgehead atoms. The fourth-order valence-electron chi connectivity index (χ4n) is 1.59. The van der Waals surface area contributed by atoms with Crippen molar-refractivity contribution in [2.45, 2.75) is 32.3 Å². The lowest BCUT2D eigenvalue weighted by Gasteiger charge is -2.09. The predicted octanol–water partition coefficient (Wildman–Crippen LogP) is 2.54. The zero-order chi connectivity index (χ0) is 9.97. The second-order valence-corrected chi connectivity index (χ2v) is 3.78. The summed E-state index contributed by atoms with van der Waals surface area (Å²) in [7, 11) is 0. The molecule has 3 nitrogen and oxygen atoms in total. The Hall–Kier alpha value is -0.670. The van der Waals surface area contributed by atoms with Gasteiger partial charge < -0.3 is 4.74 Å². The van der Waals surface area contributed by atoms with Gasteiger partial charge in [0.2, 0.25) is 0 Å². The van der Waals surface area contributed by atoms with E-state index < -0.39 is 0 Å². The maximum absolute atomic E-state index is 5.90. The van der Waals surface area contributed by atoms with Crippen LogP contribution in [-0.2, 0) is 11.2 Å². The molecule has 1 aliphatic rings. The summed E-state index contributed by atoms with van der Waals surface area (Å²) >= 11 is 5.90. The minimum atomic E-state index is 0.0546. The molecular weight excluding hydrogens is 200 g/mol. The standard InChI is InChI=1S/C10H13ClN2O/c1-2-7-6-9(11)13-10(12-7)8-4-3-5-14-8/h6,8H,2-5H2,1H3. The van der Waals surface area contributed by atoms with Gasteiger partial charge in [-0.05, 0) is 25.3 Å². The normalized spacial score (nSPS) is 21.4. The van der Waals surface area contributed by atoms with Crippen LogP contribution >= 0.6 is 11.6 Å². The summed E-state index contributed by atoms with van der Waals surface area (Å²) in [6.07, 6.45) is 3.02. The van der Waals surface area contributed by atoms with Gasteiger partial charge >= 0.3 is 0 Å². The lowest BCUT2D eigenvalue weighted by molar-refractivity contribution is 0.105. The smallest absolute Gasteiger partial charge is 0.159 e. The highest BCUT2D eigenvalue weighted by atomic mass is 35.5. The van der Waals surface area contributed by atoms with E-state index in [1.165, 1.54) is 0 Å². The molecule has 0 aliphatic carbocycles. The molecule has 0 amide bonds. The van der Waals surface area contributed by atoms with Crippen LogP contribution in [0.15, 0.2) is 6.07 Å². The average Bonchev–Trinajstić information content (AvgIpc) is 2.69. The third-order valence-corrected chi connectivity index (χ3v) is 2.54. The minimum Gasteiger partial charge on any atom is -0.370 e. The van der Waals surface area contributed by atoms with Crippen LogP contribution in [-0.4, -0.2) is 16.6 Å². The molecular formula is C10H13ClN2O. The van der Waals surface area contributed by atoms with Crippen molar-refractivity contribution < 1.29 is 4.74 Å². The first kappa shape index (κ1) is 9.87. The quantitative estimate of drug-likeness (QED) is 0.707. The lowest BCUT2D eigenvalue weighted by Crippen LogP contribution is -2.05. The summed E-state index contributed by atoms with van der Waals surface area (Å²) in [6.45, 7) is 2.86. The van der Waals surface area contributed by atoms with Crippen molar-refractivity contribution in [2.24, 2.45) is 0 Å². The van der Waals surface area contributed by atoms with Crippen molar-refractivity contribution in [1.29, 1.82) is 0 Å². The number of hydrogen-bond acceptors (Lipinski definition) is 3. The zero-order valence-corrected chi connectivity index (χ0v) is 8.92. The third-order valence-electron chi connectivity index (χ3n) is 2.35. The van der Waals surface area contributed by atoms with Gasteiger partial charge in [0.15, 0.2) is 5.82 Å². The van der Waals surface area contributed by atoms with Gasteiger partial charge in [0, 0.05) is 12.3 Å². The summed E-state index contributed by atoms with van der Waals surface area (Å²) in [4.78, 5) is 8.61. The highest BCUT2D eigenvalue weighted by molar-refractivity contribution is 6.29. The molecule has 0 spiro atoms. The van der Waals surface area contributed by atoms with E-state index in [-0.39, 0.29) is 6.10 Å². The van der Waals surface area contributed by atoms with Gasteiger partial charge in [0.25, 0.3) is 0 Å². The third kappa shape index (κ3) is 2.04. The fourth-order valence-corrected chi connectivity index (χ4v) is 1.80. The van der Waals surface area contributed by atoms with Gasteiger partial charge in [-0.1, -0.05) is 18.5 Å². The Labute approximate surface area is 88.5 Å². The van der Waals surface area contributed by atoms with Crippen molar-refractivity contribution in [1.82, 2.24) is 9.97 Å². The molecule has 4 heteroatoms. The molecule has 1 saturated heterocycles. The Morgan fingerprint density at radius 2 is 2.43 bits per heavy atom. The molecule has 0 radical (unpaired) electrons. The topological polar surface area (TPSA) is 35.0 Å². The first-order chi connectivity index (χ1) is 6.79. The van der Waals surface area contributed by atoms with Gasteiger partial charge in [0.1, 0.15) is 11.3 Å². The minimum absolute atomic E-state index is 0.0546. The summed E-state index contributed by atoms with van der Waals surface area (Å²) < 4.78 is 5.51. The van der Waals surface area contributed by atoms with Gasteiger partial charge in [-0.2, -0.15) is 0 Å². The van der Waals surface area contributed by atoms with E-state index in [1.807, 2.05) is 0 Å². The number of nitrogens with zero attached hydrogens (tertiary/aromatic N) is 2. The molecule has 1 atom stereocenters. The Balaban J connectivity index is 2.27. The van der Waals surface area contributed by atoms with Crippen LogP contribution in [0, 0.1) is 0 Å². The molecule has 2 rings (SSSR count). The van der Waals surface area contributed by atoms with Gasteiger partial charge in [-0.15, -0.1) is 0 Å². The number of rotatable bonds is 2. The van der Waals surface area contributed by atoms with E-state index >= 15 is 0 Å². The zero-order valence-electron chi connectivity index (χ0n) is 8.16. The lowest BCUT2D eigenvalue weighted by atomic mass is 10.2. The maximum Gasteiger partial charge on any atom is 0.159 e. The van der Waals surface area contributed by atoms with Crippen LogP contribution in [0.4, 0.5) is 0 Å². The molecule has 1 aliphatic heterocycles. The van der Waals surface area contributed by atoms with E-state index in [4.69, 9.17) is 16.3 Å². The van der Waals surface area contributed by atoms with Crippen LogP contribution in [0.5, 0.6) is 0 Å². The van der Waals surface area contributed by atoms with Crippen LogP contribution in [0.2, 0.25) is 5.15 Å². The molecule has 1 aromatic rings. The Morgan fingerprint density at radius 1 is 1.57 bits per heavy atom. The SMILES string of the molecule is CCc1cc(Cl)nc(C2CCCO2)n1. The first-order valence-corrected chi connectivity index (χ1v) is 5.32. The monoisotopic (exact) mass is 212 g/mol. The molecule has 1 aromatic heterocycles. The summed E-state index contributed by atoms with van der Waals surface area (Å²) in [5.74, 6) is 0.742. The van der Waals surface area contributed by atoms with E-state index in [9.17, 15) is 0 Å². The molecule has 14 heavy (non-hydrogen) atoms. The molecule has 1 unspecified atom stereocenters. The van der Waals surface area contributed by atoms with Crippen LogP contribution in [0.25, 0.3) is 0 Å². The summed E-state index contributed by atoms with van der Waals surface area (Å²) in [5.41, 5.74) is 0.982. The number of aryl methyl sites for hydroxylation is 1. The maximum atomic E-state index is 5.90. The second kappa shape index (κ2) is 4.24. The molecule has 2 heterocycles. The molecule has 0 N–H and O–H groups in total. The highest BCUT2D eigenvalue weighted by Gasteiger charge is 2.21. The second-order valence-electron chi connectivity index (χ2n) is 3.40. The summed E-state index contributed by atoms with van der Waals surface area (Å²) in [5, 5.41) is 0.516. The van der Waals surface area contributed by atoms with E-state index in [1.54, 1.807) is 6.07 Å². The van der Waals surface area contributed by atoms with E-state index in [0.29, 0.717) is 5.15 Å². The van der Waals surface area contributed by atoms with Crippen LogP contribution in [0.3, 0.4) is 0 Å². The summed E-state index contributed by atoms with van der Waals surface area (Å²) in [6, 6.07) is 1.81. The Bertz CT molecular complexity index is 324. The van der Waals surface area contributed by atoms with Crippen molar-refractivity contribution in [3.63, 3.8) is 0 Å². The van der Waals surface area contributed by atoms with Crippen molar-refractivity contribution in [2.75, 3.05) is 6.61 Å². The fraction of sp³-hybridized carbons (Fsp3) is 0.600. The van der Waals surface area contributed by atoms with Crippen molar-refractivity contribution >= 4 is 11.6 Å². The number of halogens is 1. The van der Waals surface area contributed by atoms with Crippen LogP contribution in [0.1, 0.15) is 37.4 Å². The van der Waals surface area contributed by atoms with Gasteiger partial charge in [0.05, 0.1) is 0 Å². The number of aromatic nitrogens is 2. The molecule has 76 valence electrons. The highest BCUT2D eigenvalue weighted by Crippen LogP contribution is 2.26. The first-order valence-electron chi connectivity index (χ1n) is 4.94. The largest absolute Gasteiger partial charge is 0.370 e. The Kier molecular flexibility index (Phi) is 2.99. The molecule has 0 aromatic carbocycles. The van der Waals surface area contributed by atoms with Gasteiger partial charge in [-0.25, -0.2) is 9.97 Å². The Morgan fingerprint density at radius 3 is 3.07 bits per heavy atom. The van der Waals surface area contributed by atoms with Gasteiger partial charge in [-0.3, -0.25) is 0 Å². The molecule has 1 fully saturated rings. The predicted molar refractivity (Wildman–Crippen MR) is 54.3 cm³/mol. The molecule has 0 saturated carbocycles. The van der Waals surface area contributed by atoms with E-state index in [2.05, 4.69) is 16.9 Å². The number of ether oxygens (including phenoxy) is 1. The van der Waals surface area contributed by atoms with Crippen molar-refractivity contribution in [3.05, 3.63) is 22.7 Å². The number of hydrogen-bond donors (Lipinski definition) is 0. The van der Waals surface area contributed by atoms with Crippen molar-refractivity contribution in [3.8, 4) is 0 Å². The van der Waals surface area contributed by atoms with E-state index in [0.717, 1.165) is 37.4 Å². The van der Waals surface area contributed by atoms with Crippen LogP contribution < -0.4 is 0 Å². The average molecular weight is 213 g/mol.